The van der Waals surface area contributed by atoms with Crippen molar-refractivity contribution in [2.24, 2.45) is 0 Å². The highest BCUT2D eigenvalue weighted by Crippen LogP contribution is 2.26. The van der Waals surface area contributed by atoms with Gasteiger partial charge in [0.25, 0.3) is 5.91 Å². The Kier molecular flexibility index (Phi) is 7.03. The Bertz CT molecular complexity index is 983. The lowest BCUT2D eigenvalue weighted by Crippen LogP contribution is -2.32. The molecule has 1 N–H and O–H groups in total. The first kappa shape index (κ1) is 21.3. The summed E-state index contributed by atoms with van der Waals surface area (Å²) in [4.78, 5) is 25.7. The molecular formula is C22H20FNO5S. The lowest BCUT2D eigenvalue weighted by molar-refractivity contribution is -0.124. The standard InChI is InChI=1S/C22H20FNO5S/c1-27-17-10-15(11-18(12-17)28-2)22(26)29-13-20(25)24-21(19-4-3-9-30-19)14-5-7-16(23)8-6-14/h3-12,21H,13H2,1-2H3,(H,24,25). The van der Waals surface area contributed by atoms with Gasteiger partial charge in [0.15, 0.2) is 6.61 Å². The monoisotopic (exact) mass is 429 g/mol. The van der Waals surface area contributed by atoms with Crippen molar-refractivity contribution in [1.29, 1.82) is 0 Å². The van der Waals surface area contributed by atoms with Gasteiger partial charge in [-0.25, -0.2) is 9.18 Å². The van der Waals surface area contributed by atoms with Crippen LogP contribution in [0.4, 0.5) is 4.39 Å². The van der Waals surface area contributed by atoms with E-state index in [0.29, 0.717) is 11.5 Å². The number of methoxy groups -OCH3 is 2. The third-order valence-electron chi connectivity index (χ3n) is 4.26. The molecule has 1 heterocycles. The third-order valence-corrected chi connectivity index (χ3v) is 5.20. The van der Waals surface area contributed by atoms with Crippen molar-refractivity contribution < 1.29 is 28.2 Å². The molecule has 0 bridgehead atoms. The molecule has 0 aliphatic carbocycles. The highest BCUT2D eigenvalue weighted by Gasteiger charge is 2.20. The minimum absolute atomic E-state index is 0.201. The van der Waals surface area contributed by atoms with E-state index >= 15 is 0 Å². The average molecular weight is 429 g/mol. The predicted molar refractivity (Wildman–Crippen MR) is 111 cm³/mol. The maximum atomic E-state index is 13.3. The molecule has 0 saturated heterocycles. The summed E-state index contributed by atoms with van der Waals surface area (Å²) < 4.78 is 28.7. The number of benzene rings is 2. The van der Waals surface area contributed by atoms with Crippen LogP contribution in [0.15, 0.2) is 60.0 Å². The zero-order valence-corrected chi connectivity index (χ0v) is 17.2. The van der Waals surface area contributed by atoms with E-state index in [1.165, 1.54) is 49.8 Å². The summed E-state index contributed by atoms with van der Waals surface area (Å²) in [7, 11) is 2.94. The van der Waals surface area contributed by atoms with E-state index in [4.69, 9.17) is 14.2 Å². The second kappa shape index (κ2) is 9.89. The lowest BCUT2D eigenvalue weighted by Gasteiger charge is -2.18. The Hall–Kier alpha value is -3.39. The number of ether oxygens (including phenoxy) is 3. The summed E-state index contributed by atoms with van der Waals surface area (Å²) in [5, 5.41) is 4.71. The molecule has 1 atom stereocenters. The molecule has 0 spiro atoms. The number of hydrogen-bond acceptors (Lipinski definition) is 6. The van der Waals surface area contributed by atoms with Gasteiger partial charge in [0.05, 0.1) is 25.8 Å². The van der Waals surface area contributed by atoms with Crippen LogP contribution in [0.3, 0.4) is 0 Å². The van der Waals surface area contributed by atoms with Gasteiger partial charge in [0.2, 0.25) is 0 Å². The van der Waals surface area contributed by atoms with E-state index in [-0.39, 0.29) is 11.4 Å². The molecule has 1 amide bonds. The quantitative estimate of drug-likeness (QED) is 0.549. The van der Waals surface area contributed by atoms with Crippen molar-refractivity contribution in [2.75, 3.05) is 20.8 Å². The minimum Gasteiger partial charge on any atom is -0.497 e. The van der Waals surface area contributed by atoms with E-state index < -0.39 is 24.5 Å². The van der Waals surface area contributed by atoms with Gasteiger partial charge in [-0.05, 0) is 41.3 Å². The number of hydrogen-bond donors (Lipinski definition) is 1. The summed E-state index contributed by atoms with van der Waals surface area (Å²) in [6.45, 7) is -0.471. The summed E-state index contributed by atoms with van der Waals surface area (Å²) in [6, 6.07) is 13.7. The van der Waals surface area contributed by atoms with E-state index in [1.807, 2.05) is 17.5 Å². The third kappa shape index (κ3) is 5.36. The Labute approximate surface area is 177 Å². The maximum absolute atomic E-state index is 13.3. The lowest BCUT2D eigenvalue weighted by atomic mass is 10.1. The molecule has 1 unspecified atom stereocenters. The zero-order valence-electron chi connectivity index (χ0n) is 16.4. The molecule has 2 aromatic carbocycles. The molecule has 8 heteroatoms. The molecule has 30 heavy (non-hydrogen) atoms. The topological polar surface area (TPSA) is 73.9 Å². The van der Waals surface area contributed by atoms with Crippen molar-refractivity contribution in [3.05, 3.63) is 81.8 Å². The van der Waals surface area contributed by atoms with Gasteiger partial charge in [0.1, 0.15) is 17.3 Å². The van der Waals surface area contributed by atoms with Crippen LogP contribution in [0.2, 0.25) is 0 Å². The van der Waals surface area contributed by atoms with E-state index in [0.717, 1.165) is 10.4 Å². The van der Waals surface area contributed by atoms with Crippen LogP contribution in [0, 0.1) is 5.82 Å². The smallest absolute Gasteiger partial charge is 0.338 e. The number of carbonyl (C=O) groups is 2. The Morgan fingerprint density at radius 3 is 2.27 bits per heavy atom. The number of nitrogens with one attached hydrogen (secondary N) is 1. The first-order valence-electron chi connectivity index (χ1n) is 8.98. The average Bonchev–Trinajstić information content (AvgIpc) is 3.30. The zero-order chi connectivity index (χ0) is 21.5. The SMILES string of the molecule is COc1cc(OC)cc(C(=O)OCC(=O)NC(c2ccc(F)cc2)c2cccs2)c1. The van der Waals surface area contributed by atoms with Crippen molar-refractivity contribution >= 4 is 23.2 Å². The summed E-state index contributed by atoms with van der Waals surface area (Å²) in [6.07, 6.45) is 0. The number of carbonyl (C=O) groups excluding carboxylic acids is 2. The molecule has 0 radical (unpaired) electrons. The Balaban J connectivity index is 1.67. The molecule has 0 fully saturated rings. The van der Waals surface area contributed by atoms with Gasteiger partial charge < -0.3 is 19.5 Å². The summed E-state index contributed by atoms with van der Waals surface area (Å²) in [5.74, 6) is -0.671. The molecule has 0 aliphatic rings. The van der Waals surface area contributed by atoms with Gasteiger partial charge in [-0.2, -0.15) is 0 Å². The van der Waals surface area contributed by atoms with Crippen molar-refractivity contribution in [3.63, 3.8) is 0 Å². The molecule has 1 aromatic heterocycles. The molecular weight excluding hydrogens is 409 g/mol. The highest BCUT2D eigenvalue weighted by atomic mass is 32.1. The number of thiophene rings is 1. The van der Waals surface area contributed by atoms with Gasteiger partial charge in [-0.3, -0.25) is 4.79 Å². The van der Waals surface area contributed by atoms with E-state index in [2.05, 4.69) is 5.32 Å². The van der Waals surface area contributed by atoms with Crippen LogP contribution >= 0.6 is 11.3 Å². The number of rotatable bonds is 8. The van der Waals surface area contributed by atoms with E-state index in [1.54, 1.807) is 18.2 Å². The van der Waals surface area contributed by atoms with Crippen LogP contribution in [-0.2, 0) is 9.53 Å². The largest absolute Gasteiger partial charge is 0.497 e. The molecule has 0 aliphatic heterocycles. The highest BCUT2D eigenvalue weighted by molar-refractivity contribution is 7.10. The van der Waals surface area contributed by atoms with Crippen LogP contribution in [0.5, 0.6) is 11.5 Å². The number of amides is 1. The van der Waals surface area contributed by atoms with Crippen LogP contribution in [0.25, 0.3) is 0 Å². The number of esters is 1. The van der Waals surface area contributed by atoms with Crippen LogP contribution in [0.1, 0.15) is 26.8 Å². The number of halogens is 1. The molecule has 0 saturated carbocycles. The van der Waals surface area contributed by atoms with Crippen molar-refractivity contribution in [1.82, 2.24) is 5.32 Å². The Morgan fingerprint density at radius 1 is 1.03 bits per heavy atom. The predicted octanol–water partition coefficient (Wildman–Crippen LogP) is 3.97. The van der Waals surface area contributed by atoms with Gasteiger partial charge in [-0.15, -0.1) is 11.3 Å². The summed E-state index contributed by atoms with van der Waals surface area (Å²) >= 11 is 1.46. The van der Waals surface area contributed by atoms with Gasteiger partial charge in [-0.1, -0.05) is 18.2 Å². The fourth-order valence-corrected chi connectivity index (χ4v) is 3.57. The first-order chi connectivity index (χ1) is 14.5. The first-order valence-corrected chi connectivity index (χ1v) is 9.86. The van der Waals surface area contributed by atoms with Crippen LogP contribution < -0.4 is 14.8 Å². The second-order valence-electron chi connectivity index (χ2n) is 6.24. The minimum atomic E-state index is -0.684. The van der Waals surface area contributed by atoms with Crippen LogP contribution in [-0.4, -0.2) is 32.7 Å². The van der Waals surface area contributed by atoms with E-state index in [9.17, 15) is 14.0 Å². The van der Waals surface area contributed by atoms with Crippen molar-refractivity contribution in [3.8, 4) is 11.5 Å². The molecule has 6 nitrogen and oxygen atoms in total. The normalized spacial score (nSPS) is 11.4. The van der Waals surface area contributed by atoms with Crippen molar-refractivity contribution in [2.45, 2.75) is 6.04 Å². The fourth-order valence-electron chi connectivity index (χ4n) is 2.77. The second-order valence-corrected chi connectivity index (χ2v) is 7.22. The fraction of sp³-hybridized carbons (Fsp3) is 0.182. The van der Waals surface area contributed by atoms with Gasteiger partial charge in [0, 0.05) is 10.9 Å². The molecule has 3 rings (SSSR count). The molecule has 3 aromatic rings. The summed E-state index contributed by atoms with van der Waals surface area (Å²) in [5.41, 5.74) is 0.920. The maximum Gasteiger partial charge on any atom is 0.338 e. The van der Waals surface area contributed by atoms with Gasteiger partial charge >= 0.3 is 5.97 Å². The Morgan fingerprint density at radius 2 is 1.70 bits per heavy atom. The molecule has 156 valence electrons.